The van der Waals surface area contributed by atoms with Crippen LogP contribution in [0.1, 0.15) is 81.8 Å². The fourth-order valence-corrected chi connectivity index (χ4v) is 6.23. The van der Waals surface area contributed by atoms with Crippen LogP contribution in [0.4, 0.5) is 0 Å². The van der Waals surface area contributed by atoms with Gasteiger partial charge in [0.15, 0.2) is 0 Å². The van der Waals surface area contributed by atoms with Crippen molar-refractivity contribution in [3.63, 3.8) is 0 Å². The van der Waals surface area contributed by atoms with E-state index < -0.39 is 20.8 Å². The van der Waals surface area contributed by atoms with Gasteiger partial charge >= 0.3 is 37.9 Å². The number of hydrogen-bond acceptors (Lipinski definition) is 0. The van der Waals surface area contributed by atoms with E-state index in [4.69, 9.17) is 17.0 Å². The molecule has 1 saturated carbocycles. The maximum Gasteiger partial charge on any atom is -0.0809 e. The third-order valence-corrected chi connectivity index (χ3v) is 8.58. The quantitative estimate of drug-likeness (QED) is 0.0862. The van der Waals surface area contributed by atoms with E-state index in [-0.39, 0.29) is 0 Å². The molecule has 0 bridgehead atoms. The molecule has 0 unspecified atom stereocenters. The van der Waals surface area contributed by atoms with Crippen molar-refractivity contribution in [2.75, 3.05) is 0 Å². The molecule has 1 aliphatic rings. The summed E-state index contributed by atoms with van der Waals surface area (Å²) >= 11 is -0.826. The van der Waals surface area contributed by atoms with E-state index in [1.54, 1.807) is 5.56 Å². The molecule has 0 N–H and O–H groups in total. The van der Waals surface area contributed by atoms with Crippen molar-refractivity contribution in [2.24, 2.45) is 0 Å². The minimum atomic E-state index is -0.826. The summed E-state index contributed by atoms with van der Waals surface area (Å²) in [4.78, 5) is 0. The molecule has 7 rings (SSSR count). The Morgan fingerprint density at radius 1 is 0.771 bits per heavy atom. The van der Waals surface area contributed by atoms with E-state index in [2.05, 4.69) is 123 Å². The molecule has 0 amide bonds. The zero-order valence-corrected chi connectivity index (χ0v) is 34.0. The second-order valence-corrected chi connectivity index (χ2v) is 17.0. The normalized spacial score (nSPS) is 12.3. The van der Waals surface area contributed by atoms with Crippen LogP contribution >= 0.6 is 17.0 Å². The van der Waals surface area contributed by atoms with Gasteiger partial charge in [0.1, 0.15) is 0 Å². The second-order valence-electron chi connectivity index (χ2n) is 12.2. The van der Waals surface area contributed by atoms with Crippen LogP contribution in [0.25, 0.3) is 32.7 Å². The summed E-state index contributed by atoms with van der Waals surface area (Å²) in [6.07, 6.45) is 13.5. The molecule has 1 fully saturated rings. The smallest absolute Gasteiger partial charge is 0.0809 e. The Labute approximate surface area is 312 Å². The monoisotopic (exact) mass is 767 g/mol. The summed E-state index contributed by atoms with van der Waals surface area (Å²) in [5.74, 6) is 0.789. The summed E-state index contributed by atoms with van der Waals surface area (Å²) in [5.41, 5.74) is 5.81. The molecule has 48 heavy (non-hydrogen) atoms. The van der Waals surface area contributed by atoms with Crippen molar-refractivity contribution in [1.29, 1.82) is 0 Å². The van der Waals surface area contributed by atoms with Gasteiger partial charge in [-0.1, -0.05) is 107 Å². The first-order valence-electron chi connectivity index (χ1n) is 17.5. The fourth-order valence-electron chi connectivity index (χ4n) is 6.23. The Hall–Kier alpha value is -2.22. The topological polar surface area (TPSA) is 0 Å². The number of halogens is 2. The van der Waals surface area contributed by atoms with Crippen LogP contribution in [0.2, 0.25) is 13.1 Å². The van der Waals surface area contributed by atoms with E-state index in [1.807, 2.05) is 30.3 Å². The van der Waals surface area contributed by atoms with Crippen LogP contribution in [0.3, 0.4) is 0 Å². The minimum absolute atomic E-state index is 0.789. The third-order valence-electron chi connectivity index (χ3n) is 8.58. The standard InChI is InChI=1S/C27H33.C9H7.C6H5.C2H6Si.2ClH.Zr/c1-2-3-4-6-10-21-19-25-13-9-14-26(27(25)20-21)24-17-15-23(16-18-24)22-11-7-5-8-12-22;1-2-5-9-7-3-6-8(9)4-1;1-2-4-6-5-3-1;1-3-2;;;/h9,13-20,22H,2-8,10-12H2,1H3;1-7H;1-5H;1-2H3;2*1H;/q3*-1;;;;+2/p-2. The number of fused-ring (bicyclic) bond motifs is 2. The van der Waals surface area contributed by atoms with Crippen molar-refractivity contribution in [3.05, 3.63) is 145 Å². The van der Waals surface area contributed by atoms with Gasteiger partial charge in [-0.2, -0.15) is 60.0 Å². The number of hydrogen-bond donors (Lipinski definition) is 0. The summed E-state index contributed by atoms with van der Waals surface area (Å²) < 4.78 is 0. The Kier molecular flexibility index (Phi) is 20.8. The zero-order chi connectivity index (χ0) is 34.2. The van der Waals surface area contributed by atoms with Crippen molar-refractivity contribution in [1.82, 2.24) is 0 Å². The van der Waals surface area contributed by atoms with Crippen molar-refractivity contribution in [2.45, 2.75) is 90.1 Å². The van der Waals surface area contributed by atoms with E-state index in [0.717, 1.165) is 15.4 Å². The first-order valence-corrected chi connectivity index (χ1v) is 25.8. The average molecular weight is 770 g/mol. The molecular weight excluding hydrogens is 719 g/mol. The van der Waals surface area contributed by atoms with Gasteiger partial charge in [0.05, 0.1) is 0 Å². The number of aryl methyl sites for hydroxylation is 1. The molecule has 6 aromatic rings. The molecule has 0 aromatic heterocycles. The fraction of sp³-hybridized carbons (Fsp3) is 0.318. The Bertz CT molecular complexity index is 1570. The molecule has 252 valence electrons. The predicted molar refractivity (Wildman–Crippen MR) is 213 cm³/mol. The SMILES string of the molecule is CCCCCCc1cc2c(-c3ccc(C4CCCCC4)cc3)cccc2[cH-]1.C[Si]C.[Cl][Zr][Cl].[c-]1ccccc1.c1ccc2[cH-]ccc2c1. The van der Waals surface area contributed by atoms with Gasteiger partial charge in [-0.15, -0.1) is 64.2 Å². The molecule has 0 heterocycles. The van der Waals surface area contributed by atoms with Crippen molar-refractivity contribution < 1.29 is 20.8 Å². The number of benzene rings is 4. The summed E-state index contributed by atoms with van der Waals surface area (Å²) in [6.45, 7) is 6.59. The second kappa shape index (κ2) is 24.8. The largest absolute Gasteiger partial charge is 0.184 e. The molecule has 6 aromatic carbocycles. The van der Waals surface area contributed by atoms with E-state index in [9.17, 15) is 0 Å². The van der Waals surface area contributed by atoms with E-state index >= 15 is 0 Å². The molecule has 0 saturated heterocycles. The summed E-state index contributed by atoms with van der Waals surface area (Å²) in [5, 5.41) is 5.48. The summed E-state index contributed by atoms with van der Waals surface area (Å²) in [7, 11) is 11.0. The molecular formula is C44H51Cl2SiZr-3. The van der Waals surface area contributed by atoms with E-state index in [0.29, 0.717) is 0 Å². The first-order chi connectivity index (χ1) is 23.6. The Balaban J connectivity index is 0.000000240. The van der Waals surface area contributed by atoms with Gasteiger partial charge in [-0.05, 0) is 36.3 Å². The van der Waals surface area contributed by atoms with Gasteiger partial charge in [-0.3, -0.25) is 0 Å². The van der Waals surface area contributed by atoms with Gasteiger partial charge in [0.2, 0.25) is 0 Å². The maximum absolute atomic E-state index is 4.93. The first kappa shape index (κ1) is 40.2. The average Bonchev–Trinajstić information content (AvgIpc) is 3.80. The van der Waals surface area contributed by atoms with Gasteiger partial charge in [0, 0.05) is 9.52 Å². The third kappa shape index (κ3) is 14.3. The van der Waals surface area contributed by atoms with Crippen LogP contribution in [0, 0.1) is 6.07 Å². The molecule has 2 radical (unpaired) electrons. The van der Waals surface area contributed by atoms with Crippen LogP contribution in [0.15, 0.2) is 127 Å². The zero-order valence-electron chi connectivity index (χ0n) is 29.0. The van der Waals surface area contributed by atoms with Crippen molar-refractivity contribution in [3.8, 4) is 11.1 Å². The molecule has 0 nitrogen and oxygen atoms in total. The van der Waals surface area contributed by atoms with Crippen LogP contribution in [-0.2, 0) is 27.3 Å². The molecule has 0 aliphatic heterocycles. The van der Waals surface area contributed by atoms with Crippen LogP contribution in [-0.4, -0.2) is 9.52 Å². The van der Waals surface area contributed by atoms with Crippen LogP contribution < -0.4 is 0 Å². The molecule has 0 atom stereocenters. The molecule has 0 spiro atoms. The maximum atomic E-state index is 4.93. The summed E-state index contributed by atoms with van der Waals surface area (Å²) in [6, 6.07) is 48.3. The molecule has 1 aliphatic carbocycles. The van der Waals surface area contributed by atoms with Gasteiger partial charge in [0.25, 0.3) is 0 Å². The Morgan fingerprint density at radius 2 is 1.46 bits per heavy atom. The van der Waals surface area contributed by atoms with Crippen LogP contribution in [0.5, 0.6) is 0 Å². The number of unbranched alkanes of at least 4 members (excludes halogenated alkanes) is 3. The van der Waals surface area contributed by atoms with Gasteiger partial charge in [-0.25, -0.2) is 0 Å². The predicted octanol–water partition coefficient (Wildman–Crippen LogP) is 14.6. The Morgan fingerprint density at radius 3 is 2.08 bits per heavy atom. The van der Waals surface area contributed by atoms with Gasteiger partial charge < -0.3 is 0 Å². The number of rotatable bonds is 7. The van der Waals surface area contributed by atoms with Crippen molar-refractivity contribution >= 4 is 48.1 Å². The molecule has 4 heteroatoms. The minimum Gasteiger partial charge on any atom is -0.184 e. The van der Waals surface area contributed by atoms with E-state index in [1.165, 1.54) is 102 Å².